The first kappa shape index (κ1) is 16.0. The van der Waals surface area contributed by atoms with Gasteiger partial charge in [-0.3, -0.25) is 0 Å². The Kier molecular flexibility index (Phi) is 5.01. The van der Waals surface area contributed by atoms with Crippen LogP contribution in [0, 0.1) is 5.41 Å². The Balaban J connectivity index is 2.91. The maximum absolute atomic E-state index is 12.5. The van der Waals surface area contributed by atoms with Crippen molar-refractivity contribution in [3.8, 4) is 0 Å². The van der Waals surface area contributed by atoms with Gasteiger partial charge in [0.2, 0.25) is 5.95 Å². The summed E-state index contributed by atoms with van der Waals surface area (Å²) < 4.78 is 37.6. The average molecular weight is 296 g/mol. The zero-order valence-electron chi connectivity index (χ0n) is 11.1. The fourth-order valence-corrected chi connectivity index (χ4v) is 1.79. The number of aromatic nitrogens is 2. The molecule has 0 amide bonds. The molecule has 1 atom stereocenters. The van der Waals surface area contributed by atoms with E-state index in [-0.39, 0.29) is 17.4 Å². The van der Waals surface area contributed by atoms with Crippen LogP contribution in [0.25, 0.3) is 0 Å². The highest BCUT2D eigenvalue weighted by Crippen LogP contribution is 2.29. The lowest BCUT2D eigenvalue weighted by Gasteiger charge is -2.31. The zero-order valence-corrected chi connectivity index (χ0v) is 11.8. The predicted octanol–water partition coefficient (Wildman–Crippen LogP) is 3.95. The summed E-state index contributed by atoms with van der Waals surface area (Å²) in [4.78, 5) is 7.31. The van der Waals surface area contributed by atoms with Gasteiger partial charge >= 0.3 is 6.18 Å². The molecule has 3 nitrogen and oxygen atoms in total. The second kappa shape index (κ2) is 5.94. The summed E-state index contributed by atoms with van der Waals surface area (Å²) in [5.74, 6) is 0.383. The first-order valence-corrected chi connectivity index (χ1v) is 6.41. The van der Waals surface area contributed by atoms with E-state index < -0.39 is 11.9 Å². The topological polar surface area (TPSA) is 37.8 Å². The van der Waals surface area contributed by atoms with Crippen LogP contribution in [-0.4, -0.2) is 21.9 Å². The molecule has 0 fully saturated rings. The van der Waals surface area contributed by atoms with Crippen LogP contribution in [0.4, 0.5) is 19.1 Å². The summed E-state index contributed by atoms with van der Waals surface area (Å²) in [6, 6.07) is 0.743. The summed E-state index contributed by atoms with van der Waals surface area (Å²) in [6.07, 6.45) is -2.76. The molecule has 1 aromatic rings. The molecule has 0 aromatic carbocycles. The Morgan fingerprint density at radius 1 is 1.32 bits per heavy atom. The lowest BCUT2D eigenvalue weighted by Crippen LogP contribution is -2.35. The van der Waals surface area contributed by atoms with E-state index in [1.165, 1.54) is 0 Å². The van der Waals surface area contributed by atoms with Crippen molar-refractivity contribution in [1.29, 1.82) is 0 Å². The summed E-state index contributed by atoms with van der Waals surface area (Å²) in [5.41, 5.74) is -1.12. The normalized spacial score (nSPS) is 14.3. The van der Waals surface area contributed by atoms with E-state index in [0.717, 1.165) is 12.3 Å². The summed E-state index contributed by atoms with van der Waals surface area (Å²) in [6.45, 7) is 5.93. The molecule has 0 saturated heterocycles. The highest BCUT2D eigenvalue weighted by Gasteiger charge is 2.33. The molecule has 108 valence electrons. The molecular formula is C12H17ClF3N3. The number of hydrogen-bond acceptors (Lipinski definition) is 3. The van der Waals surface area contributed by atoms with Crippen molar-refractivity contribution >= 4 is 17.5 Å². The van der Waals surface area contributed by atoms with Crippen LogP contribution in [0.5, 0.6) is 0 Å². The van der Waals surface area contributed by atoms with Gasteiger partial charge in [-0.25, -0.2) is 9.97 Å². The van der Waals surface area contributed by atoms with Crippen LogP contribution < -0.4 is 5.32 Å². The number of halogens is 4. The molecule has 0 aliphatic rings. The number of nitrogens with one attached hydrogen (secondary N) is 1. The zero-order chi connectivity index (χ0) is 14.7. The van der Waals surface area contributed by atoms with E-state index in [1.54, 1.807) is 0 Å². The largest absolute Gasteiger partial charge is 0.433 e. The van der Waals surface area contributed by atoms with Gasteiger partial charge < -0.3 is 5.32 Å². The quantitative estimate of drug-likeness (QED) is 0.855. The maximum atomic E-state index is 12.5. The molecule has 0 spiro atoms. The van der Waals surface area contributed by atoms with E-state index in [2.05, 4.69) is 15.3 Å². The maximum Gasteiger partial charge on any atom is 0.433 e. The van der Waals surface area contributed by atoms with Crippen LogP contribution in [0.3, 0.4) is 0 Å². The standard InChI is InChI=1S/C12H17ClF3N3/c1-11(2,3)8(4-6-13)18-10-17-7-5-9(19-10)12(14,15)16/h5,7-8H,4,6H2,1-3H3,(H,17,18,19). The monoisotopic (exact) mass is 295 g/mol. The van der Waals surface area contributed by atoms with Crippen LogP contribution in [0.1, 0.15) is 32.9 Å². The molecule has 19 heavy (non-hydrogen) atoms. The van der Waals surface area contributed by atoms with Gasteiger partial charge in [0.25, 0.3) is 0 Å². The molecule has 1 aromatic heterocycles. The summed E-state index contributed by atoms with van der Waals surface area (Å²) in [7, 11) is 0. The smallest absolute Gasteiger partial charge is 0.351 e. The Hall–Kier alpha value is -1.04. The minimum absolute atomic E-state index is 0.0279. The van der Waals surface area contributed by atoms with E-state index in [9.17, 15) is 13.2 Å². The van der Waals surface area contributed by atoms with Crippen molar-refractivity contribution < 1.29 is 13.2 Å². The lowest BCUT2D eigenvalue weighted by atomic mass is 9.85. The molecular weight excluding hydrogens is 279 g/mol. The first-order valence-electron chi connectivity index (χ1n) is 5.87. The van der Waals surface area contributed by atoms with Gasteiger partial charge in [-0.15, -0.1) is 11.6 Å². The van der Waals surface area contributed by atoms with E-state index in [0.29, 0.717) is 12.3 Å². The van der Waals surface area contributed by atoms with Crippen molar-refractivity contribution in [3.63, 3.8) is 0 Å². The molecule has 1 unspecified atom stereocenters. The minimum Gasteiger partial charge on any atom is -0.351 e. The minimum atomic E-state index is -4.47. The SMILES string of the molecule is CC(C)(C)C(CCCl)Nc1nccc(C(F)(F)F)n1. The van der Waals surface area contributed by atoms with Crippen molar-refractivity contribution in [3.05, 3.63) is 18.0 Å². The second-order valence-electron chi connectivity index (χ2n) is 5.30. The second-order valence-corrected chi connectivity index (χ2v) is 5.68. The Morgan fingerprint density at radius 3 is 2.42 bits per heavy atom. The molecule has 0 bridgehead atoms. The van der Waals surface area contributed by atoms with Crippen LogP contribution in [0.15, 0.2) is 12.3 Å². The molecule has 1 N–H and O–H groups in total. The molecule has 7 heteroatoms. The van der Waals surface area contributed by atoms with Gasteiger partial charge in [0, 0.05) is 18.1 Å². The average Bonchev–Trinajstić information content (AvgIpc) is 2.26. The number of nitrogens with zero attached hydrogens (tertiary/aromatic N) is 2. The fourth-order valence-electron chi connectivity index (χ4n) is 1.57. The van der Waals surface area contributed by atoms with Crippen molar-refractivity contribution in [2.75, 3.05) is 11.2 Å². The molecule has 0 radical (unpaired) electrons. The summed E-state index contributed by atoms with van der Waals surface area (Å²) in [5, 5.41) is 2.93. The Labute approximate surface area is 115 Å². The number of anilines is 1. The number of hydrogen-bond donors (Lipinski definition) is 1. The molecule has 0 saturated carbocycles. The third kappa shape index (κ3) is 4.86. The highest BCUT2D eigenvalue weighted by atomic mass is 35.5. The van der Waals surface area contributed by atoms with Gasteiger partial charge in [-0.05, 0) is 17.9 Å². The van der Waals surface area contributed by atoms with Crippen LogP contribution in [0.2, 0.25) is 0 Å². The molecule has 1 rings (SSSR count). The predicted molar refractivity (Wildman–Crippen MR) is 69.2 cm³/mol. The third-order valence-corrected chi connectivity index (χ3v) is 2.91. The molecule has 0 aliphatic heterocycles. The summed E-state index contributed by atoms with van der Waals surface area (Å²) >= 11 is 5.71. The van der Waals surface area contributed by atoms with Crippen molar-refractivity contribution in [1.82, 2.24) is 9.97 Å². The van der Waals surface area contributed by atoms with Crippen molar-refractivity contribution in [2.45, 2.75) is 39.4 Å². The fraction of sp³-hybridized carbons (Fsp3) is 0.667. The Bertz CT molecular complexity index is 415. The lowest BCUT2D eigenvalue weighted by molar-refractivity contribution is -0.141. The van der Waals surface area contributed by atoms with Crippen LogP contribution in [-0.2, 0) is 6.18 Å². The Morgan fingerprint density at radius 2 is 1.95 bits per heavy atom. The molecule has 1 heterocycles. The van der Waals surface area contributed by atoms with E-state index in [1.807, 2.05) is 20.8 Å². The van der Waals surface area contributed by atoms with E-state index >= 15 is 0 Å². The van der Waals surface area contributed by atoms with Gasteiger partial charge in [-0.2, -0.15) is 13.2 Å². The van der Waals surface area contributed by atoms with Gasteiger partial charge in [0.05, 0.1) is 0 Å². The highest BCUT2D eigenvalue weighted by molar-refractivity contribution is 6.17. The number of rotatable bonds is 4. The van der Waals surface area contributed by atoms with Gasteiger partial charge in [-0.1, -0.05) is 20.8 Å². The van der Waals surface area contributed by atoms with E-state index in [4.69, 9.17) is 11.6 Å². The van der Waals surface area contributed by atoms with Gasteiger partial charge in [0.15, 0.2) is 0 Å². The number of alkyl halides is 4. The third-order valence-electron chi connectivity index (χ3n) is 2.69. The molecule has 0 aliphatic carbocycles. The van der Waals surface area contributed by atoms with Crippen LogP contribution >= 0.6 is 11.6 Å². The first-order chi connectivity index (χ1) is 8.64. The van der Waals surface area contributed by atoms with Crippen molar-refractivity contribution in [2.24, 2.45) is 5.41 Å². The van der Waals surface area contributed by atoms with Gasteiger partial charge in [0.1, 0.15) is 5.69 Å².